The number of pyridine rings is 1. The highest BCUT2D eigenvalue weighted by molar-refractivity contribution is 5.91. The molecular weight excluding hydrogens is 333 g/mol. The van der Waals surface area contributed by atoms with Crippen LogP contribution in [0.4, 0.5) is 10.1 Å². The SMILES string of the molecule is Cc1cc(N)cc([C@H]2CN(C(=O)C3(c4ccccc4F)CC3)CCO2)n1. The monoisotopic (exact) mass is 355 g/mol. The molecule has 1 saturated heterocycles. The lowest BCUT2D eigenvalue weighted by Gasteiger charge is -2.35. The average molecular weight is 355 g/mol. The van der Waals surface area contributed by atoms with Crippen LogP contribution in [0.2, 0.25) is 0 Å². The van der Waals surface area contributed by atoms with Gasteiger partial charge in [0.05, 0.1) is 24.3 Å². The van der Waals surface area contributed by atoms with Gasteiger partial charge in [-0.25, -0.2) is 4.39 Å². The summed E-state index contributed by atoms with van der Waals surface area (Å²) in [6, 6.07) is 10.2. The fourth-order valence-electron chi connectivity index (χ4n) is 3.77. The van der Waals surface area contributed by atoms with Crippen molar-refractivity contribution < 1.29 is 13.9 Å². The van der Waals surface area contributed by atoms with Crippen molar-refractivity contribution in [3.05, 3.63) is 59.2 Å². The highest BCUT2D eigenvalue weighted by atomic mass is 19.1. The van der Waals surface area contributed by atoms with E-state index in [1.165, 1.54) is 6.07 Å². The fraction of sp³-hybridized carbons (Fsp3) is 0.400. The molecule has 2 heterocycles. The molecule has 4 rings (SSSR count). The maximum absolute atomic E-state index is 14.3. The maximum Gasteiger partial charge on any atom is 0.233 e. The lowest BCUT2D eigenvalue weighted by molar-refractivity contribution is -0.142. The molecule has 0 radical (unpaired) electrons. The van der Waals surface area contributed by atoms with Crippen molar-refractivity contribution >= 4 is 11.6 Å². The highest BCUT2D eigenvalue weighted by Crippen LogP contribution is 2.50. The Kier molecular flexibility index (Phi) is 4.15. The van der Waals surface area contributed by atoms with Gasteiger partial charge >= 0.3 is 0 Å². The van der Waals surface area contributed by atoms with Gasteiger partial charge in [0.15, 0.2) is 0 Å². The van der Waals surface area contributed by atoms with Crippen LogP contribution in [0.25, 0.3) is 0 Å². The van der Waals surface area contributed by atoms with E-state index in [1.54, 1.807) is 35.2 Å². The average Bonchev–Trinajstić information content (AvgIpc) is 3.42. The number of morpholine rings is 1. The number of anilines is 1. The minimum atomic E-state index is -0.716. The standard InChI is InChI=1S/C20H22FN3O2/c1-13-10-14(22)11-17(23-13)18-12-24(8-9-26-18)19(25)20(6-7-20)15-4-2-3-5-16(15)21/h2-5,10-11,18H,6-9,12H2,1H3,(H2,22,23)/t18-/m1/s1. The second-order valence-corrected chi connectivity index (χ2v) is 7.14. The molecule has 1 atom stereocenters. The number of hydrogen-bond donors (Lipinski definition) is 1. The second kappa shape index (κ2) is 6.36. The Bertz CT molecular complexity index is 830. The zero-order chi connectivity index (χ0) is 18.3. The number of nitrogens with two attached hydrogens (primary N) is 1. The summed E-state index contributed by atoms with van der Waals surface area (Å²) in [6.45, 7) is 3.22. The van der Waals surface area contributed by atoms with E-state index in [-0.39, 0.29) is 17.8 Å². The van der Waals surface area contributed by atoms with E-state index in [2.05, 4.69) is 4.98 Å². The predicted molar refractivity (Wildman–Crippen MR) is 96.0 cm³/mol. The van der Waals surface area contributed by atoms with Crippen molar-refractivity contribution in [2.75, 3.05) is 25.4 Å². The summed E-state index contributed by atoms with van der Waals surface area (Å²) in [5.74, 6) is -0.326. The minimum Gasteiger partial charge on any atom is -0.399 e. The van der Waals surface area contributed by atoms with E-state index in [0.717, 1.165) is 11.4 Å². The zero-order valence-electron chi connectivity index (χ0n) is 14.7. The van der Waals surface area contributed by atoms with E-state index in [1.807, 2.05) is 6.92 Å². The van der Waals surface area contributed by atoms with Gasteiger partial charge in [-0.3, -0.25) is 9.78 Å². The Morgan fingerprint density at radius 2 is 2.12 bits per heavy atom. The Balaban J connectivity index is 1.56. The van der Waals surface area contributed by atoms with Gasteiger partial charge in [-0.2, -0.15) is 0 Å². The van der Waals surface area contributed by atoms with Gasteiger partial charge in [0, 0.05) is 23.5 Å². The third-order valence-corrected chi connectivity index (χ3v) is 5.23. The Labute approximate surface area is 152 Å². The van der Waals surface area contributed by atoms with Crippen LogP contribution in [-0.2, 0) is 14.9 Å². The molecule has 1 saturated carbocycles. The van der Waals surface area contributed by atoms with Crippen LogP contribution in [-0.4, -0.2) is 35.5 Å². The molecule has 2 N–H and O–H groups in total. The van der Waals surface area contributed by atoms with Gasteiger partial charge in [0.1, 0.15) is 11.9 Å². The number of halogens is 1. The third kappa shape index (κ3) is 2.94. The Morgan fingerprint density at radius 1 is 1.35 bits per heavy atom. The molecule has 1 aromatic heterocycles. The molecule has 2 fully saturated rings. The van der Waals surface area contributed by atoms with E-state index in [9.17, 15) is 9.18 Å². The van der Waals surface area contributed by atoms with Gasteiger partial charge in [-0.05, 0) is 38.0 Å². The van der Waals surface area contributed by atoms with Crippen LogP contribution in [0.1, 0.15) is 35.9 Å². The van der Waals surface area contributed by atoms with Gasteiger partial charge in [-0.15, -0.1) is 0 Å². The van der Waals surface area contributed by atoms with Crippen molar-refractivity contribution in [1.82, 2.24) is 9.88 Å². The maximum atomic E-state index is 14.3. The summed E-state index contributed by atoms with van der Waals surface area (Å²) in [7, 11) is 0. The van der Waals surface area contributed by atoms with Crippen LogP contribution in [0.3, 0.4) is 0 Å². The van der Waals surface area contributed by atoms with Gasteiger partial charge in [0.2, 0.25) is 5.91 Å². The first-order valence-corrected chi connectivity index (χ1v) is 8.90. The second-order valence-electron chi connectivity index (χ2n) is 7.14. The summed E-state index contributed by atoms with van der Waals surface area (Å²) in [5, 5.41) is 0. The molecule has 1 aliphatic carbocycles. The lowest BCUT2D eigenvalue weighted by Crippen LogP contribution is -2.47. The molecule has 1 aromatic carbocycles. The predicted octanol–water partition coefficient (Wildman–Crippen LogP) is 2.74. The fourth-order valence-corrected chi connectivity index (χ4v) is 3.77. The molecule has 5 nitrogen and oxygen atoms in total. The van der Waals surface area contributed by atoms with Crippen LogP contribution < -0.4 is 5.73 Å². The summed E-state index contributed by atoms with van der Waals surface area (Å²) < 4.78 is 20.1. The number of carbonyl (C=O) groups is 1. The number of benzene rings is 1. The van der Waals surface area contributed by atoms with Crippen LogP contribution in [0.5, 0.6) is 0 Å². The number of hydrogen-bond acceptors (Lipinski definition) is 4. The topological polar surface area (TPSA) is 68.5 Å². The van der Waals surface area contributed by atoms with Crippen molar-refractivity contribution in [2.24, 2.45) is 0 Å². The number of rotatable bonds is 3. The van der Waals surface area contributed by atoms with Crippen LogP contribution >= 0.6 is 0 Å². The molecule has 2 aliphatic rings. The molecule has 2 aromatic rings. The van der Waals surface area contributed by atoms with Crippen molar-refractivity contribution in [3.8, 4) is 0 Å². The van der Waals surface area contributed by atoms with E-state index in [4.69, 9.17) is 10.5 Å². The molecule has 136 valence electrons. The third-order valence-electron chi connectivity index (χ3n) is 5.23. The van der Waals surface area contributed by atoms with Crippen molar-refractivity contribution in [1.29, 1.82) is 0 Å². The van der Waals surface area contributed by atoms with Crippen molar-refractivity contribution in [3.63, 3.8) is 0 Å². The minimum absolute atomic E-state index is 0.0171. The number of aryl methyl sites for hydroxylation is 1. The quantitative estimate of drug-likeness (QED) is 0.919. The number of nitrogen functional groups attached to an aromatic ring is 1. The van der Waals surface area contributed by atoms with E-state index in [0.29, 0.717) is 43.8 Å². The highest BCUT2D eigenvalue weighted by Gasteiger charge is 2.54. The summed E-state index contributed by atoms with van der Waals surface area (Å²) in [6.07, 6.45) is 1.06. The lowest BCUT2D eigenvalue weighted by atomic mass is 9.93. The van der Waals surface area contributed by atoms with Crippen LogP contribution in [0, 0.1) is 12.7 Å². The summed E-state index contributed by atoms with van der Waals surface area (Å²) in [5.41, 5.74) is 7.88. The normalized spacial score (nSPS) is 21.5. The number of ether oxygens (including phenoxy) is 1. The van der Waals surface area contributed by atoms with Gasteiger partial charge in [0.25, 0.3) is 0 Å². The number of carbonyl (C=O) groups excluding carboxylic acids is 1. The smallest absolute Gasteiger partial charge is 0.233 e. The molecule has 1 amide bonds. The molecule has 6 heteroatoms. The van der Waals surface area contributed by atoms with E-state index < -0.39 is 5.41 Å². The Hall–Kier alpha value is -2.47. The Morgan fingerprint density at radius 3 is 2.81 bits per heavy atom. The molecular formula is C20H22FN3O2. The summed E-state index contributed by atoms with van der Waals surface area (Å²) in [4.78, 5) is 19.5. The van der Waals surface area contributed by atoms with Gasteiger partial charge in [-0.1, -0.05) is 18.2 Å². The molecule has 0 bridgehead atoms. The summed E-state index contributed by atoms with van der Waals surface area (Å²) >= 11 is 0. The molecule has 0 spiro atoms. The largest absolute Gasteiger partial charge is 0.399 e. The van der Waals surface area contributed by atoms with Gasteiger partial charge < -0.3 is 15.4 Å². The molecule has 0 unspecified atom stereocenters. The molecule has 1 aliphatic heterocycles. The van der Waals surface area contributed by atoms with E-state index >= 15 is 0 Å². The number of nitrogens with zero attached hydrogens (tertiary/aromatic N) is 2. The van der Waals surface area contributed by atoms with Crippen molar-refractivity contribution in [2.45, 2.75) is 31.3 Å². The number of amides is 1. The molecule has 26 heavy (non-hydrogen) atoms. The first-order valence-electron chi connectivity index (χ1n) is 8.90. The first-order chi connectivity index (χ1) is 12.5. The zero-order valence-corrected chi connectivity index (χ0v) is 14.7. The first kappa shape index (κ1) is 17.0. The van der Waals surface area contributed by atoms with Crippen LogP contribution in [0.15, 0.2) is 36.4 Å². The number of aromatic nitrogens is 1.